The zero-order valence-corrected chi connectivity index (χ0v) is 33.7. The number of hydrogen-bond acceptors (Lipinski definition) is 21. The summed E-state index contributed by atoms with van der Waals surface area (Å²) in [7, 11) is 1.32. The maximum atomic E-state index is 12.9. The fourth-order valence-corrected chi connectivity index (χ4v) is 7.14. The Morgan fingerprint density at radius 1 is 0.817 bits per heavy atom. The van der Waals surface area contributed by atoms with Gasteiger partial charge < -0.3 is 99.6 Å². The van der Waals surface area contributed by atoms with Gasteiger partial charge in [-0.05, 0) is 19.8 Å². The molecular weight excluding hydrogens is 812 g/mol. The molecule has 0 saturated carbocycles. The molecule has 0 aromatic rings. The molecule has 12 N–H and O–H groups in total. The quantitative estimate of drug-likeness (QED) is 0.0340. The van der Waals surface area contributed by atoms with Gasteiger partial charge in [0.15, 0.2) is 12.6 Å². The van der Waals surface area contributed by atoms with Crippen molar-refractivity contribution in [3.63, 3.8) is 0 Å². The molecule has 3 heterocycles. The number of aliphatic carboxylic acids is 1. The summed E-state index contributed by atoms with van der Waals surface area (Å²) in [6.45, 7) is -0.317. The molecular formula is C36H62N2O22. The summed E-state index contributed by atoms with van der Waals surface area (Å²) in [4.78, 5) is 48.9. The second-order valence-electron chi connectivity index (χ2n) is 14.7. The number of esters is 1. The maximum absolute atomic E-state index is 12.9. The number of carbonyl (C=O) groups is 4. The zero-order chi connectivity index (χ0) is 44.7. The van der Waals surface area contributed by atoms with Crippen LogP contribution in [0.1, 0.15) is 65.2 Å². The van der Waals surface area contributed by atoms with E-state index in [1.165, 1.54) is 14.0 Å². The van der Waals surface area contributed by atoms with Crippen LogP contribution in [0.5, 0.6) is 0 Å². The third kappa shape index (κ3) is 13.5. The molecule has 348 valence electrons. The molecule has 0 aromatic heterocycles. The number of hydrogen-bond donors (Lipinski definition) is 12. The van der Waals surface area contributed by atoms with Crippen molar-refractivity contribution in [2.75, 3.05) is 40.1 Å². The van der Waals surface area contributed by atoms with Crippen molar-refractivity contribution < 1.29 is 108 Å². The Kier molecular flexibility index (Phi) is 21.1. The molecule has 3 rings (SSSR count). The molecule has 0 aromatic carbocycles. The first-order valence-corrected chi connectivity index (χ1v) is 19.8. The van der Waals surface area contributed by atoms with E-state index < -0.39 is 142 Å². The zero-order valence-electron chi connectivity index (χ0n) is 33.7. The summed E-state index contributed by atoms with van der Waals surface area (Å²) in [5.41, 5.74) is 0. The number of aliphatic hydroxyl groups is 9. The Morgan fingerprint density at radius 2 is 1.42 bits per heavy atom. The van der Waals surface area contributed by atoms with E-state index in [0.717, 1.165) is 26.2 Å². The van der Waals surface area contributed by atoms with Crippen molar-refractivity contribution in [2.45, 2.75) is 163 Å². The number of nitrogens with one attached hydrogen (secondary N) is 2. The van der Waals surface area contributed by atoms with E-state index in [-0.39, 0.29) is 19.2 Å². The minimum absolute atomic E-state index is 0.0585. The van der Waals surface area contributed by atoms with Crippen molar-refractivity contribution in [2.24, 2.45) is 0 Å². The molecule has 16 atom stereocenters. The summed E-state index contributed by atoms with van der Waals surface area (Å²) in [5, 5.41) is 111. The van der Waals surface area contributed by atoms with Gasteiger partial charge in [-0.3, -0.25) is 9.59 Å². The van der Waals surface area contributed by atoms with E-state index in [1.54, 1.807) is 0 Å². The number of aliphatic hydroxyl groups excluding tert-OH is 9. The molecule has 11 unspecified atom stereocenters. The van der Waals surface area contributed by atoms with Gasteiger partial charge in [0.05, 0.1) is 45.7 Å². The highest BCUT2D eigenvalue weighted by atomic mass is 16.8. The summed E-state index contributed by atoms with van der Waals surface area (Å²) < 4.78 is 44.4. The van der Waals surface area contributed by atoms with Crippen molar-refractivity contribution >= 4 is 23.9 Å². The van der Waals surface area contributed by atoms with Crippen LogP contribution < -0.4 is 10.6 Å². The van der Waals surface area contributed by atoms with Crippen LogP contribution in [0, 0.1) is 0 Å². The van der Waals surface area contributed by atoms with E-state index in [0.29, 0.717) is 25.7 Å². The van der Waals surface area contributed by atoms with Gasteiger partial charge in [0.2, 0.25) is 5.91 Å². The van der Waals surface area contributed by atoms with Gasteiger partial charge >= 0.3 is 18.0 Å². The number of carboxylic acid groups (broad SMARTS) is 1. The van der Waals surface area contributed by atoms with Crippen LogP contribution in [0.15, 0.2) is 0 Å². The predicted octanol–water partition coefficient (Wildman–Crippen LogP) is -4.54. The number of unbranched alkanes of at least 4 members (excludes halogenated alkanes) is 5. The van der Waals surface area contributed by atoms with Crippen LogP contribution in [0.4, 0.5) is 4.79 Å². The topological polar surface area (TPSA) is 368 Å². The second-order valence-corrected chi connectivity index (χ2v) is 14.7. The monoisotopic (exact) mass is 874 g/mol. The first kappa shape index (κ1) is 51.4. The summed E-state index contributed by atoms with van der Waals surface area (Å²) >= 11 is 0. The highest BCUT2D eigenvalue weighted by Gasteiger charge is 2.60. The molecule has 60 heavy (non-hydrogen) atoms. The van der Waals surface area contributed by atoms with Gasteiger partial charge in [0.1, 0.15) is 67.1 Å². The number of alkyl carbamates (subject to hydrolysis) is 1. The fourth-order valence-electron chi connectivity index (χ4n) is 7.14. The lowest BCUT2D eigenvalue weighted by atomic mass is 9.88. The van der Waals surface area contributed by atoms with Crippen molar-refractivity contribution in [1.82, 2.24) is 10.6 Å². The first-order chi connectivity index (χ1) is 28.5. The lowest BCUT2D eigenvalue weighted by molar-refractivity contribution is -0.381. The second kappa shape index (κ2) is 24.6. The van der Waals surface area contributed by atoms with Gasteiger partial charge in [-0.15, -0.1) is 0 Å². The van der Waals surface area contributed by atoms with Crippen LogP contribution in [0.2, 0.25) is 0 Å². The average molecular weight is 875 g/mol. The van der Waals surface area contributed by atoms with Gasteiger partial charge in [-0.1, -0.05) is 25.7 Å². The molecule has 24 heteroatoms. The Labute approximate surface area is 345 Å². The van der Waals surface area contributed by atoms with Crippen LogP contribution in [-0.2, 0) is 52.3 Å². The summed E-state index contributed by atoms with van der Waals surface area (Å²) in [5.74, 6) is -6.09. The van der Waals surface area contributed by atoms with Gasteiger partial charge in [-0.25, -0.2) is 9.59 Å². The normalized spacial score (nSPS) is 35.5. The number of methoxy groups -OCH3 is 1. The molecule has 0 aliphatic carbocycles. The molecule has 3 fully saturated rings. The lowest BCUT2D eigenvalue weighted by Crippen LogP contribution is -2.71. The minimum atomic E-state index is -3.07. The Balaban J connectivity index is 1.88. The number of ether oxygens (including phenoxy) is 8. The standard InChI is InChI=1S/C36H62N2O22/c1-4-54-35(52)38-24-29(26(47)20(15-40)56-32(24)55-12-10-8-6-5-7-9-11-22(45)53-3)58-33-28(49)31(27(48)21(16-41)57-33)60-36(34(50)51)13-18(43)23(37-17(2)42)30(59-36)25(46)19(44)14-39/h18-21,23-33,39-41,43-44,46-49H,4-16H2,1-3H3,(H,37,42)(H,38,52)(H,50,51)/t18?,19?,20?,21?,23-,24?,25?,26+,27-,28?,29?,30?,31?,32-,33?,36+/m1/s1. The van der Waals surface area contributed by atoms with E-state index in [1.807, 2.05) is 0 Å². The molecule has 3 aliphatic rings. The number of carboxylic acids is 1. The van der Waals surface area contributed by atoms with E-state index in [9.17, 15) is 70.2 Å². The van der Waals surface area contributed by atoms with Crippen molar-refractivity contribution in [1.29, 1.82) is 0 Å². The third-order valence-electron chi connectivity index (χ3n) is 10.3. The summed E-state index contributed by atoms with van der Waals surface area (Å²) in [6.07, 6.45) is -21.9. The number of rotatable bonds is 23. The van der Waals surface area contributed by atoms with Gasteiger partial charge in [0.25, 0.3) is 5.79 Å². The molecule has 0 radical (unpaired) electrons. The molecule has 0 bridgehead atoms. The fraction of sp³-hybridized carbons (Fsp3) is 0.889. The van der Waals surface area contributed by atoms with Crippen LogP contribution in [0.3, 0.4) is 0 Å². The SMILES string of the molecule is CCOC(=O)NC1C(OC2OC(CO)[C@@H](O)C(O[C@]3(C(=O)O)CC(O)[C@@H](NC(C)=O)C(C(O)C(O)CO)O3)C2O)[C@@H](O)C(CO)O[C@H]1OCCCCCCCCC(=O)OC. The minimum Gasteiger partial charge on any atom is -0.477 e. The Bertz CT molecular complexity index is 1350. The van der Waals surface area contributed by atoms with E-state index >= 15 is 0 Å². The van der Waals surface area contributed by atoms with E-state index in [2.05, 4.69) is 15.4 Å². The number of amides is 2. The lowest BCUT2D eigenvalue weighted by Gasteiger charge is -2.51. The molecule has 3 aliphatic heterocycles. The van der Waals surface area contributed by atoms with Crippen LogP contribution in [-0.4, -0.2) is 213 Å². The highest BCUT2D eigenvalue weighted by Crippen LogP contribution is 2.38. The largest absolute Gasteiger partial charge is 0.477 e. The predicted molar refractivity (Wildman–Crippen MR) is 196 cm³/mol. The van der Waals surface area contributed by atoms with Crippen molar-refractivity contribution in [3.05, 3.63) is 0 Å². The van der Waals surface area contributed by atoms with Gasteiger partial charge in [-0.2, -0.15) is 0 Å². The first-order valence-electron chi connectivity index (χ1n) is 19.8. The molecule has 0 spiro atoms. The third-order valence-corrected chi connectivity index (χ3v) is 10.3. The smallest absolute Gasteiger partial charge is 0.407 e. The molecule has 3 saturated heterocycles. The number of carbonyl (C=O) groups excluding carboxylic acids is 3. The van der Waals surface area contributed by atoms with Gasteiger partial charge in [0, 0.05) is 26.4 Å². The average Bonchev–Trinajstić information content (AvgIpc) is 3.21. The van der Waals surface area contributed by atoms with Crippen LogP contribution in [0.25, 0.3) is 0 Å². The summed E-state index contributed by atoms with van der Waals surface area (Å²) in [6, 6.07) is -3.03. The maximum Gasteiger partial charge on any atom is 0.407 e. The van der Waals surface area contributed by atoms with Crippen molar-refractivity contribution in [3.8, 4) is 0 Å². The van der Waals surface area contributed by atoms with E-state index in [4.69, 9.17) is 33.2 Å². The molecule has 2 amide bonds. The molecule has 24 nitrogen and oxygen atoms in total. The Hall–Kier alpha value is -2.92. The van der Waals surface area contributed by atoms with Crippen LogP contribution >= 0.6 is 0 Å². The highest BCUT2D eigenvalue weighted by molar-refractivity contribution is 5.76. The Morgan fingerprint density at radius 3 is 1.98 bits per heavy atom.